The quantitative estimate of drug-likeness (QED) is 0.278. The Morgan fingerprint density at radius 3 is 2.38 bits per heavy atom. The van der Waals surface area contributed by atoms with E-state index in [9.17, 15) is 4.79 Å². The number of hydrogen-bond donors (Lipinski definition) is 0. The van der Waals surface area contributed by atoms with E-state index in [1.54, 1.807) is 0 Å². The maximum Gasteiger partial charge on any atom is 0.120 e. The molecule has 21 heavy (non-hydrogen) atoms. The number of carbonyl (C=O) groups excluding carboxylic acids is 1. The van der Waals surface area contributed by atoms with Crippen molar-refractivity contribution in [2.75, 3.05) is 11.5 Å². The van der Waals surface area contributed by atoms with Gasteiger partial charge in [0.25, 0.3) is 0 Å². The van der Waals surface area contributed by atoms with Crippen LogP contribution in [0.4, 0.5) is 0 Å². The number of rotatable bonds is 14. The van der Waals surface area contributed by atoms with Gasteiger partial charge in [-0.2, -0.15) is 11.8 Å². The molecule has 0 N–H and O–H groups in total. The van der Waals surface area contributed by atoms with Gasteiger partial charge in [0.05, 0.1) is 0 Å². The summed E-state index contributed by atoms with van der Waals surface area (Å²) in [4.78, 5) is 10.3. The Morgan fingerprint density at radius 2 is 1.62 bits per heavy atom. The molecule has 0 bridgehead atoms. The zero-order valence-corrected chi connectivity index (χ0v) is 15.0. The Bertz CT molecular complexity index is 242. The minimum atomic E-state index is 0.747. The lowest BCUT2D eigenvalue weighted by molar-refractivity contribution is -0.107. The summed E-state index contributed by atoms with van der Waals surface area (Å²) in [6.07, 6.45) is 18.8. The molecule has 0 aromatic carbocycles. The molecule has 0 aromatic rings. The highest BCUT2D eigenvalue weighted by molar-refractivity contribution is 7.99. The first-order valence-electron chi connectivity index (χ1n) is 9.39. The van der Waals surface area contributed by atoms with Crippen LogP contribution in [-0.4, -0.2) is 17.8 Å². The molecule has 1 saturated carbocycles. The van der Waals surface area contributed by atoms with Crippen LogP contribution in [0.2, 0.25) is 0 Å². The van der Waals surface area contributed by atoms with Crippen LogP contribution >= 0.6 is 11.8 Å². The van der Waals surface area contributed by atoms with Crippen LogP contribution in [-0.2, 0) is 4.79 Å². The monoisotopic (exact) mass is 312 g/mol. The molecule has 1 rings (SSSR count). The van der Waals surface area contributed by atoms with Crippen LogP contribution in [0.5, 0.6) is 0 Å². The van der Waals surface area contributed by atoms with Crippen LogP contribution in [0, 0.1) is 11.8 Å². The highest BCUT2D eigenvalue weighted by Gasteiger charge is 2.25. The zero-order valence-electron chi connectivity index (χ0n) is 14.2. The molecule has 0 unspecified atom stereocenters. The fraction of sp³-hybridized carbons (Fsp3) is 0.947. The molecule has 1 nitrogen and oxygen atoms in total. The zero-order chi connectivity index (χ0) is 15.2. The fourth-order valence-electron chi connectivity index (χ4n) is 3.67. The first-order chi connectivity index (χ1) is 10.4. The lowest BCUT2D eigenvalue weighted by Crippen LogP contribution is -2.09. The van der Waals surface area contributed by atoms with Crippen molar-refractivity contribution in [1.29, 1.82) is 0 Å². The van der Waals surface area contributed by atoms with Gasteiger partial charge in [0.1, 0.15) is 6.29 Å². The van der Waals surface area contributed by atoms with E-state index in [1.165, 1.54) is 82.1 Å². The fourth-order valence-corrected chi connectivity index (χ4v) is 4.71. The van der Waals surface area contributed by atoms with Crippen molar-refractivity contribution in [3.05, 3.63) is 0 Å². The Morgan fingerprint density at radius 1 is 0.905 bits per heavy atom. The molecule has 0 heterocycles. The van der Waals surface area contributed by atoms with Gasteiger partial charge in [0.2, 0.25) is 0 Å². The normalized spacial score (nSPS) is 21.8. The van der Waals surface area contributed by atoms with Crippen LogP contribution in [0.3, 0.4) is 0 Å². The van der Waals surface area contributed by atoms with Crippen molar-refractivity contribution in [2.24, 2.45) is 11.8 Å². The van der Waals surface area contributed by atoms with Crippen LogP contribution < -0.4 is 0 Å². The van der Waals surface area contributed by atoms with Gasteiger partial charge < -0.3 is 4.79 Å². The van der Waals surface area contributed by atoms with E-state index in [2.05, 4.69) is 18.7 Å². The molecule has 0 spiro atoms. The second-order valence-electron chi connectivity index (χ2n) is 6.72. The summed E-state index contributed by atoms with van der Waals surface area (Å²) in [6.45, 7) is 2.29. The Labute approximate surface area is 137 Å². The molecule has 1 aliphatic rings. The van der Waals surface area contributed by atoms with Crippen LogP contribution in [0.1, 0.15) is 90.4 Å². The predicted octanol–water partition coefficient (Wildman–Crippen LogP) is 6.26. The van der Waals surface area contributed by atoms with E-state index >= 15 is 0 Å². The van der Waals surface area contributed by atoms with Gasteiger partial charge >= 0.3 is 0 Å². The van der Waals surface area contributed by atoms with Crippen molar-refractivity contribution in [1.82, 2.24) is 0 Å². The van der Waals surface area contributed by atoms with Gasteiger partial charge in [-0.05, 0) is 36.2 Å². The summed E-state index contributed by atoms with van der Waals surface area (Å²) in [5.74, 6) is 4.54. The maximum absolute atomic E-state index is 10.3. The highest BCUT2D eigenvalue weighted by Crippen LogP contribution is 2.38. The molecule has 0 saturated heterocycles. The first kappa shape index (κ1) is 19.1. The number of thioether (sulfide) groups is 1. The van der Waals surface area contributed by atoms with Crippen molar-refractivity contribution in [3.8, 4) is 0 Å². The van der Waals surface area contributed by atoms with E-state index < -0.39 is 0 Å². The van der Waals surface area contributed by atoms with Gasteiger partial charge in [-0.15, -0.1) is 0 Å². The third-order valence-corrected chi connectivity index (χ3v) is 6.09. The number of aldehydes is 1. The van der Waals surface area contributed by atoms with Crippen molar-refractivity contribution < 1.29 is 4.79 Å². The van der Waals surface area contributed by atoms with Crippen molar-refractivity contribution >= 4 is 18.0 Å². The largest absolute Gasteiger partial charge is 0.303 e. The third kappa shape index (κ3) is 9.60. The molecule has 124 valence electrons. The Hall–Kier alpha value is 0.0200. The third-order valence-electron chi connectivity index (χ3n) is 4.99. The van der Waals surface area contributed by atoms with Crippen molar-refractivity contribution in [2.45, 2.75) is 90.4 Å². The Kier molecular flexibility index (Phi) is 12.4. The summed E-state index contributed by atoms with van der Waals surface area (Å²) < 4.78 is 0. The van der Waals surface area contributed by atoms with E-state index in [-0.39, 0.29) is 0 Å². The van der Waals surface area contributed by atoms with Gasteiger partial charge in [-0.25, -0.2) is 0 Å². The number of unbranched alkanes of at least 4 members (excludes halogenated alkanes) is 6. The minimum Gasteiger partial charge on any atom is -0.303 e. The van der Waals surface area contributed by atoms with Gasteiger partial charge in [-0.3, -0.25) is 0 Å². The molecule has 1 aliphatic carbocycles. The van der Waals surface area contributed by atoms with Gasteiger partial charge in [0, 0.05) is 6.42 Å². The summed E-state index contributed by atoms with van der Waals surface area (Å²) in [5, 5.41) is 0. The molecule has 2 heteroatoms. The molecular formula is C19H36OS. The Balaban J connectivity index is 1.99. The summed E-state index contributed by atoms with van der Waals surface area (Å²) >= 11 is 2.06. The smallest absolute Gasteiger partial charge is 0.120 e. The van der Waals surface area contributed by atoms with Gasteiger partial charge in [-0.1, -0.05) is 71.1 Å². The summed E-state index contributed by atoms with van der Waals surface area (Å²) in [5.41, 5.74) is 0. The average Bonchev–Trinajstić information content (AvgIpc) is 2.94. The van der Waals surface area contributed by atoms with Crippen LogP contribution in [0.15, 0.2) is 0 Å². The van der Waals surface area contributed by atoms with E-state index in [4.69, 9.17) is 0 Å². The molecule has 0 aromatic heterocycles. The van der Waals surface area contributed by atoms with Gasteiger partial charge in [0.15, 0.2) is 0 Å². The van der Waals surface area contributed by atoms with E-state index in [0.717, 1.165) is 31.0 Å². The average molecular weight is 313 g/mol. The minimum absolute atomic E-state index is 0.747. The van der Waals surface area contributed by atoms with Crippen LogP contribution in [0.25, 0.3) is 0 Å². The molecule has 0 amide bonds. The molecule has 0 radical (unpaired) electrons. The lowest BCUT2D eigenvalue weighted by atomic mass is 9.89. The molecule has 0 aliphatic heterocycles. The van der Waals surface area contributed by atoms with E-state index in [0.29, 0.717) is 0 Å². The molecule has 1 fully saturated rings. The highest BCUT2D eigenvalue weighted by atomic mass is 32.2. The van der Waals surface area contributed by atoms with Crippen molar-refractivity contribution in [3.63, 3.8) is 0 Å². The maximum atomic E-state index is 10.3. The second kappa shape index (κ2) is 13.7. The summed E-state index contributed by atoms with van der Waals surface area (Å²) in [7, 11) is 0. The SMILES string of the molecule is CCCCCCCC[C@H]1CCC[C@@H]1CCSCCCC=O. The lowest BCUT2D eigenvalue weighted by Gasteiger charge is -2.19. The summed E-state index contributed by atoms with van der Waals surface area (Å²) in [6, 6.07) is 0. The predicted molar refractivity (Wildman–Crippen MR) is 96.1 cm³/mol. The number of carbonyl (C=O) groups is 1. The molecule has 2 atom stereocenters. The van der Waals surface area contributed by atoms with E-state index in [1.807, 2.05) is 0 Å². The second-order valence-corrected chi connectivity index (χ2v) is 7.94. The number of hydrogen-bond acceptors (Lipinski definition) is 2. The molecular weight excluding hydrogens is 276 g/mol. The topological polar surface area (TPSA) is 17.1 Å². The standard InChI is InChI=1S/C19H36OS/c1-2-3-4-5-6-7-11-18-12-10-13-19(18)14-17-21-16-9-8-15-20/h15,18-19H,2-14,16-17H2,1H3/t18-,19+/m0/s1. The first-order valence-corrected chi connectivity index (χ1v) is 10.5.